The number of rotatable bonds is 8. The lowest BCUT2D eigenvalue weighted by molar-refractivity contribution is -0.144. The standard InChI is InChI=1S/C8H18O4/c1-3-10-5-6-12-8(9)7-11-4-2/h8-9H,3-7H2,1-2H3. The van der Waals surface area contributed by atoms with Gasteiger partial charge in [0, 0.05) is 13.2 Å². The van der Waals surface area contributed by atoms with Gasteiger partial charge in [-0.25, -0.2) is 0 Å². The van der Waals surface area contributed by atoms with Gasteiger partial charge in [0.1, 0.15) is 0 Å². The van der Waals surface area contributed by atoms with Crippen LogP contribution in [0.2, 0.25) is 0 Å². The third-order valence-corrected chi connectivity index (χ3v) is 1.21. The van der Waals surface area contributed by atoms with Crippen LogP contribution in [-0.4, -0.2) is 44.4 Å². The van der Waals surface area contributed by atoms with Crippen LogP contribution in [0.3, 0.4) is 0 Å². The molecule has 0 aromatic rings. The maximum Gasteiger partial charge on any atom is 0.178 e. The molecule has 0 rings (SSSR count). The van der Waals surface area contributed by atoms with Crippen molar-refractivity contribution in [3.05, 3.63) is 0 Å². The zero-order valence-corrected chi connectivity index (χ0v) is 7.78. The molecular formula is C8H18O4. The first-order chi connectivity index (χ1) is 5.81. The van der Waals surface area contributed by atoms with Gasteiger partial charge >= 0.3 is 0 Å². The fourth-order valence-electron chi connectivity index (χ4n) is 0.654. The molecule has 0 saturated heterocycles. The topological polar surface area (TPSA) is 47.9 Å². The van der Waals surface area contributed by atoms with E-state index in [0.717, 1.165) is 0 Å². The monoisotopic (exact) mass is 178 g/mol. The normalized spacial score (nSPS) is 13.2. The summed E-state index contributed by atoms with van der Waals surface area (Å²) in [7, 11) is 0. The Hall–Kier alpha value is -0.160. The van der Waals surface area contributed by atoms with E-state index in [2.05, 4.69) is 0 Å². The van der Waals surface area contributed by atoms with Gasteiger partial charge in [-0.1, -0.05) is 0 Å². The van der Waals surface area contributed by atoms with Gasteiger partial charge in [-0.3, -0.25) is 0 Å². The summed E-state index contributed by atoms with van der Waals surface area (Å²) in [6.07, 6.45) is -0.828. The Morgan fingerprint density at radius 3 is 2.33 bits per heavy atom. The molecule has 0 aliphatic carbocycles. The summed E-state index contributed by atoms with van der Waals surface area (Å²) in [5, 5.41) is 9.08. The van der Waals surface area contributed by atoms with Gasteiger partial charge in [0.05, 0.1) is 19.8 Å². The minimum absolute atomic E-state index is 0.225. The quantitative estimate of drug-likeness (QED) is 0.431. The molecule has 1 N–H and O–H groups in total. The summed E-state index contributed by atoms with van der Waals surface area (Å²) in [5.74, 6) is 0. The van der Waals surface area contributed by atoms with E-state index >= 15 is 0 Å². The summed E-state index contributed by atoms with van der Waals surface area (Å²) in [5.41, 5.74) is 0. The molecule has 12 heavy (non-hydrogen) atoms. The maximum atomic E-state index is 9.08. The molecule has 0 saturated carbocycles. The Labute approximate surface area is 73.4 Å². The number of hydrogen-bond acceptors (Lipinski definition) is 4. The van der Waals surface area contributed by atoms with Crippen LogP contribution in [0, 0.1) is 0 Å². The van der Waals surface area contributed by atoms with E-state index in [1.165, 1.54) is 0 Å². The number of aliphatic hydroxyl groups is 1. The number of hydrogen-bond donors (Lipinski definition) is 1. The van der Waals surface area contributed by atoms with Gasteiger partial charge in [0.2, 0.25) is 0 Å². The fraction of sp³-hybridized carbons (Fsp3) is 1.00. The number of aliphatic hydroxyl groups excluding tert-OH is 1. The van der Waals surface area contributed by atoms with E-state index in [4.69, 9.17) is 19.3 Å². The lowest BCUT2D eigenvalue weighted by atomic mass is 10.6. The third kappa shape index (κ3) is 7.94. The molecule has 0 aliphatic heterocycles. The Kier molecular flexibility index (Phi) is 8.81. The van der Waals surface area contributed by atoms with E-state index in [1.54, 1.807) is 0 Å². The molecule has 1 atom stereocenters. The SMILES string of the molecule is CCOCCOC(O)COCC. The average molecular weight is 178 g/mol. The van der Waals surface area contributed by atoms with Crippen molar-refractivity contribution >= 4 is 0 Å². The minimum atomic E-state index is -0.828. The molecule has 74 valence electrons. The van der Waals surface area contributed by atoms with Crippen LogP contribution in [0.15, 0.2) is 0 Å². The van der Waals surface area contributed by atoms with Gasteiger partial charge in [0.25, 0.3) is 0 Å². The Morgan fingerprint density at radius 1 is 1.08 bits per heavy atom. The smallest absolute Gasteiger partial charge is 0.178 e. The first-order valence-electron chi connectivity index (χ1n) is 4.26. The van der Waals surface area contributed by atoms with Crippen molar-refractivity contribution in [2.75, 3.05) is 33.0 Å². The summed E-state index contributed by atoms with van der Waals surface area (Å²) in [6, 6.07) is 0. The van der Waals surface area contributed by atoms with Gasteiger partial charge in [-0.15, -0.1) is 0 Å². The van der Waals surface area contributed by atoms with Crippen molar-refractivity contribution in [2.45, 2.75) is 20.1 Å². The van der Waals surface area contributed by atoms with Crippen LogP contribution in [0.25, 0.3) is 0 Å². The molecule has 0 aromatic carbocycles. The van der Waals surface area contributed by atoms with Gasteiger partial charge < -0.3 is 19.3 Å². The molecule has 0 radical (unpaired) electrons. The second-order valence-corrected chi connectivity index (χ2v) is 2.18. The van der Waals surface area contributed by atoms with Crippen LogP contribution in [0.4, 0.5) is 0 Å². The Bertz CT molecular complexity index is 87.1. The summed E-state index contributed by atoms with van der Waals surface area (Å²) >= 11 is 0. The molecule has 0 amide bonds. The fourth-order valence-corrected chi connectivity index (χ4v) is 0.654. The highest BCUT2D eigenvalue weighted by Crippen LogP contribution is 1.88. The third-order valence-electron chi connectivity index (χ3n) is 1.21. The van der Waals surface area contributed by atoms with Crippen molar-refractivity contribution in [2.24, 2.45) is 0 Å². The van der Waals surface area contributed by atoms with Crippen LogP contribution < -0.4 is 0 Å². The van der Waals surface area contributed by atoms with Crippen molar-refractivity contribution in [3.63, 3.8) is 0 Å². The molecule has 0 heterocycles. The first-order valence-corrected chi connectivity index (χ1v) is 4.26. The zero-order chi connectivity index (χ0) is 9.23. The van der Waals surface area contributed by atoms with Crippen LogP contribution in [0.1, 0.15) is 13.8 Å². The van der Waals surface area contributed by atoms with Crippen molar-refractivity contribution in [3.8, 4) is 0 Å². The predicted molar refractivity (Wildman–Crippen MR) is 44.9 cm³/mol. The van der Waals surface area contributed by atoms with Gasteiger partial charge in [0.15, 0.2) is 6.29 Å². The van der Waals surface area contributed by atoms with Gasteiger partial charge in [-0.05, 0) is 13.8 Å². The molecule has 0 bridgehead atoms. The summed E-state index contributed by atoms with van der Waals surface area (Å²) in [4.78, 5) is 0. The lowest BCUT2D eigenvalue weighted by Gasteiger charge is -2.11. The molecule has 1 unspecified atom stereocenters. The van der Waals surface area contributed by atoms with E-state index < -0.39 is 6.29 Å². The van der Waals surface area contributed by atoms with Crippen LogP contribution in [0.5, 0.6) is 0 Å². The van der Waals surface area contributed by atoms with Crippen molar-refractivity contribution in [1.82, 2.24) is 0 Å². The van der Waals surface area contributed by atoms with E-state index in [9.17, 15) is 0 Å². The van der Waals surface area contributed by atoms with Crippen molar-refractivity contribution in [1.29, 1.82) is 0 Å². The van der Waals surface area contributed by atoms with E-state index in [-0.39, 0.29) is 6.61 Å². The largest absolute Gasteiger partial charge is 0.379 e. The Morgan fingerprint density at radius 2 is 1.75 bits per heavy atom. The van der Waals surface area contributed by atoms with Crippen molar-refractivity contribution < 1.29 is 19.3 Å². The highest BCUT2D eigenvalue weighted by Gasteiger charge is 2.02. The zero-order valence-electron chi connectivity index (χ0n) is 7.78. The Balaban J connectivity index is 3.02. The lowest BCUT2D eigenvalue weighted by Crippen LogP contribution is -2.21. The average Bonchev–Trinajstić information content (AvgIpc) is 2.09. The second-order valence-electron chi connectivity index (χ2n) is 2.18. The predicted octanol–water partition coefficient (Wildman–Crippen LogP) is 0.394. The first kappa shape index (κ1) is 11.8. The minimum Gasteiger partial charge on any atom is -0.379 e. The number of ether oxygens (including phenoxy) is 3. The molecule has 0 aliphatic rings. The van der Waals surface area contributed by atoms with E-state index in [0.29, 0.717) is 26.4 Å². The van der Waals surface area contributed by atoms with Crippen LogP contribution in [-0.2, 0) is 14.2 Å². The highest BCUT2D eigenvalue weighted by atomic mass is 16.6. The highest BCUT2D eigenvalue weighted by molar-refractivity contribution is 4.37. The summed E-state index contributed by atoms with van der Waals surface area (Å²) < 4.78 is 14.9. The molecule has 0 fully saturated rings. The molecule has 0 aromatic heterocycles. The van der Waals surface area contributed by atoms with Gasteiger partial charge in [-0.2, -0.15) is 0 Å². The molecule has 4 nitrogen and oxygen atoms in total. The molecule has 0 spiro atoms. The summed E-state index contributed by atoms with van der Waals surface area (Å²) in [6.45, 7) is 6.19. The molecular weight excluding hydrogens is 160 g/mol. The molecule has 4 heteroatoms. The second kappa shape index (κ2) is 8.93. The van der Waals surface area contributed by atoms with Crippen LogP contribution >= 0.6 is 0 Å². The maximum absolute atomic E-state index is 9.08. The van der Waals surface area contributed by atoms with E-state index in [1.807, 2.05) is 13.8 Å².